The molecule has 0 radical (unpaired) electrons. The highest BCUT2D eigenvalue weighted by Gasteiger charge is 2.53. The number of benzene rings is 5. The highest BCUT2D eigenvalue weighted by atomic mass is 16.5. The van der Waals surface area contributed by atoms with Crippen LogP contribution in [0.1, 0.15) is 67.0 Å². The van der Waals surface area contributed by atoms with Crippen molar-refractivity contribution in [1.82, 2.24) is 4.98 Å². The summed E-state index contributed by atoms with van der Waals surface area (Å²) in [7, 11) is 0. The Kier molecular flexibility index (Phi) is 10.2. The Bertz CT molecular complexity index is 2890. The normalized spacial score (nSPS) is 16.8. The molecule has 1 unspecified atom stereocenters. The lowest BCUT2D eigenvalue weighted by Gasteiger charge is -2.35. The van der Waals surface area contributed by atoms with Gasteiger partial charge in [0.05, 0.1) is 16.8 Å². The quantitative estimate of drug-likeness (QED) is 0.102. The summed E-state index contributed by atoms with van der Waals surface area (Å²) in [5, 5.41) is 0. The largest absolute Gasteiger partial charge is 0.457 e. The van der Waals surface area contributed by atoms with Crippen molar-refractivity contribution in [3.8, 4) is 50.5 Å². The summed E-state index contributed by atoms with van der Waals surface area (Å²) in [6.45, 7) is 16.5. The summed E-state index contributed by atoms with van der Waals surface area (Å²) < 4.78 is 6.78. The van der Waals surface area contributed by atoms with Crippen molar-refractivity contribution in [3.05, 3.63) is 239 Å². The molecule has 0 bridgehead atoms. The van der Waals surface area contributed by atoms with Gasteiger partial charge in [-0.1, -0.05) is 159 Å². The molecule has 0 N–H and O–H groups in total. The van der Waals surface area contributed by atoms with Crippen molar-refractivity contribution in [3.63, 3.8) is 0 Å². The standard InChI is InChI=1S/C58H49NO/c1-7-11-20-40(10-4)45-36-53(42-21-13-12-14-22-42)59-54(37-45)43-29-27-41(28-30-43)44-31-32-48-49-33-34-56(60-55(19-8-2)38(5)9-3)39(6)57(49)58(52(48)35-44)50-25-17-15-23-46(50)47-24-16-18-26-51(47)58/h7-17,19-25,27-37H,2,4,18,26H2,1,3,5-6H3/b11-7-,38-9-,40-20+,55-19+. The van der Waals surface area contributed by atoms with Gasteiger partial charge in [0.1, 0.15) is 11.5 Å². The first-order chi connectivity index (χ1) is 29.4. The molecule has 1 atom stereocenters. The number of aromatic nitrogens is 1. The molecule has 3 aliphatic carbocycles. The summed E-state index contributed by atoms with van der Waals surface area (Å²) in [6, 6.07) is 44.3. The van der Waals surface area contributed by atoms with Crippen LogP contribution in [0.25, 0.3) is 55.9 Å². The van der Waals surface area contributed by atoms with Crippen molar-refractivity contribution in [2.75, 3.05) is 0 Å². The Morgan fingerprint density at radius 3 is 2.15 bits per heavy atom. The zero-order valence-corrected chi connectivity index (χ0v) is 34.9. The molecule has 0 amide bonds. The topological polar surface area (TPSA) is 22.1 Å². The molecule has 292 valence electrons. The average Bonchev–Trinajstić information content (AvgIpc) is 3.77. The Morgan fingerprint density at radius 2 is 1.42 bits per heavy atom. The molecule has 0 aliphatic heterocycles. The average molecular weight is 776 g/mol. The van der Waals surface area contributed by atoms with E-state index in [1.54, 1.807) is 6.08 Å². The van der Waals surface area contributed by atoms with Gasteiger partial charge in [-0.2, -0.15) is 0 Å². The Hall–Kier alpha value is -7.03. The van der Waals surface area contributed by atoms with Crippen LogP contribution in [0.5, 0.6) is 5.75 Å². The van der Waals surface area contributed by atoms with Crippen molar-refractivity contribution < 1.29 is 4.74 Å². The third-order valence-electron chi connectivity index (χ3n) is 12.5. The molecule has 2 nitrogen and oxygen atoms in total. The number of allylic oxidation sites excluding steroid dienone is 13. The second-order valence-corrected chi connectivity index (χ2v) is 15.8. The molecule has 0 saturated carbocycles. The van der Waals surface area contributed by atoms with Gasteiger partial charge in [-0.25, -0.2) is 4.98 Å². The van der Waals surface area contributed by atoms with E-state index < -0.39 is 5.41 Å². The van der Waals surface area contributed by atoms with E-state index in [0.29, 0.717) is 0 Å². The second-order valence-electron chi connectivity index (χ2n) is 15.8. The van der Waals surface area contributed by atoms with Crippen LogP contribution in [0.2, 0.25) is 0 Å². The van der Waals surface area contributed by atoms with E-state index in [-0.39, 0.29) is 0 Å². The summed E-state index contributed by atoms with van der Waals surface area (Å²) >= 11 is 0. The molecule has 0 saturated heterocycles. The monoisotopic (exact) mass is 775 g/mol. The number of fused-ring (bicyclic) bond motifs is 9. The van der Waals surface area contributed by atoms with E-state index in [1.165, 1.54) is 50.1 Å². The first kappa shape index (κ1) is 38.5. The van der Waals surface area contributed by atoms with Gasteiger partial charge in [0.15, 0.2) is 0 Å². The van der Waals surface area contributed by atoms with E-state index in [0.717, 1.165) is 74.7 Å². The molecule has 1 spiro atoms. The summed E-state index contributed by atoms with van der Waals surface area (Å²) in [5.74, 6) is 1.68. The molecule has 2 heteroatoms. The minimum absolute atomic E-state index is 0.444. The van der Waals surface area contributed by atoms with E-state index in [9.17, 15) is 0 Å². The smallest absolute Gasteiger partial charge is 0.130 e. The number of hydrogen-bond donors (Lipinski definition) is 0. The lowest BCUT2D eigenvalue weighted by atomic mass is 9.66. The lowest BCUT2D eigenvalue weighted by molar-refractivity contribution is 0.431. The zero-order valence-electron chi connectivity index (χ0n) is 34.9. The predicted octanol–water partition coefficient (Wildman–Crippen LogP) is 15.4. The first-order valence-corrected chi connectivity index (χ1v) is 21.0. The van der Waals surface area contributed by atoms with E-state index in [2.05, 4.69) is 173 Å². The predicted molar refractivity (Wildman–Crippen MR) is 254 cm³/mol. The van der Waals surface area contributed by atoms with Gasteiger partial charge in [0, 0.05) is 11.1 Å². The number of rotatable bonds is 10. The number of nitrogens with zero attached hydrogens (tertiary/aromatic N) is 1. The fourth-order valence-electron chi connectivity index (χ4n) is 9.55. The van der Waals surface area contributed by atoms with Crippen LogP contribution in [-0.4, -0.2) is 4.98 Å². The highest BCUT2D eigenvalue weighted by molar-refractivity contribution is 5.98. The molecule has 60 heavy (non-hydrogen) atoms. The van der Waals surface area contributed by atoms with E-state index >= 15 is 0 Å². The first-order valence-electron chi connectivity index (χ1n) is 21.0. The SMILES string of the molecule is C=C/C=C(Oc1ccc2c(c1C)C1(C3=C(C=CCC3)c3ccccc31)c1cc(-c3ccc(-c4cc(/C(C=C)=C/C=C\C)cc(-c5ccccc5)n4)cc3)ccc1-2)\C(C)=C/C. The summed E-state index contributed by atoms with van der Waals surface area (Å²) in [6.07, 6.45) is 20.7. The van der Waals surface area contributed by atoms with Crippen LogP contribution < -0.4 is 4.74 Å². The third kappa shape index (κ3) is 6.31. The minimum Gasteiger partial charge on any atom is -0.457 e. The molecule has 9 rings (SSSR count). The van der Waals surface area contributed by atoms with Crippen LogP contribution in [0.4, 0.5) is 0 Å². The van der Waals surface area contributed by atoms with Crippen LogP contribution in [0.3, 0.4) is 0 Å². The Labute approximate surface area is 355 Å². The summed E-state index contributed by atoms with van der Waals surface area (Å²) in [4.78, 5) is 5.20. The van der Waals surface area contributed by atoms with Crippen LogP contribution in [0.15, 0.2) is 206 Å². The van der Waals surface area contributed by atoms with Gasteiger partial charge in [-0.15, -0.1) is 0 Å². The Morgan fingerprint density at radius 1 is 0.717 bits per heavy atom. The molecule has 3 aliphatic rings. The van der Waals surface area contributed by atoms with Crippen LogP contribution >= 0.6 is 0 Å². The zero-order chi connectivity index (χ0) is 41.4. The van der Waals surface area contributed by atoms with Gasteiger partial charge >= 0.3 is 0 Å². The van der Waals surface area contributed by atoms with Crippen molar-refractivity contribution in [2.24, 2.45) is 0 Å². The minimum atomic E-state index is -0.444. The second kappa shape index (κ2) is 16.0. The van der Waals surface area contributed by atoms with Crippen LogP contribution in [-0.2, 0) is 5.41 Å². The Balaban J connectivity index is 1.19. The molecule has 6 aromatic rings. The number of ether oxygens (including phenoxy) is 1. The highest BCUT2D eigenvalue weighted by Crippen LogP contribution is 2.65. The maximum Gasteiger partial charge on any atom is 0.130 e. The van der Waals surface area contributed by atoms with Crippen molar-refractivity contribution in [1.29, 1.82) is 0 Å². The molecule has 1 heterocycles. The molecular weight excluding hydrogens is 727 g/mol. The molecule has 5 aromatic carbocycles. The summed E-state index contributed by atoms with van der Waals surface area (Å²) in [5.41, 5.74) is 21.0. The van der Waals surface area contributed by atoms with Gasteiger partial charge in [-0.3, -0.25) is 0 Å². The third-order valence-corrected chi connectivity index (χ3v) is 12.5. The number of pyridine rings is 1. The number of hydrogen-bond acceptors (Lipinski definition) is 2. The van der Waals surface area contributed by atoms with Gasteiger partial charge in [0.2, 0.25) is 0 Å². The maximum absolute atomic E-state index is 6.78. The van der Waals surface area contributed by atoms with Crippen LogP contribution in [0, 0.1) is 6.92 Å². The molecule has 1 aromatic heterocycles. The van der Waals surface area contributed by atoms with Gasteiger partial charge in [-0.05, 0) is 149 Å². The van der Waals surface area contributed by atoms with E-state index in [4.69, 9.17) is 9.72 Å². The maximum atomic E-state index is 6.78. The fraction of sp³-hybridized carbons (Fsp3) is 0.121. The fourth-order valence-corrected chi connectivity index (χ4v) is 9.55. The van der Waals surface area contributed by atoms with Crippen molar-refractivity contribution >= 4 is 11.1 Å². The van der Waals surface area contributed by atoms with Gasteiger partial charge in [0.25, 0.3) is 0 Å². The van der Waals surface area contributed by atoms with E-state index in [1.807, 2.05) is 38.1 Å². The van der Waals surface area contributed by atoms with Gasteiger partial charge < -0.3 is 4.74 Å². The molecular formula is C58H49NO. The lowest BCUT2D eigenvalue weighted by Crippen LogP contribution is -2.29. The molecule has 0 fully saturated rings. The van der Waals surface area contributed by atoms with Crippen molar-refractivity contribution in [2.45, 2.75) is 46.0 Å².